The molecule has 0 saturated heterocycles. The first kappa shape index (κ1) is 13.4. The fourth-order valence-electron chi connectivity index (χ4n) is 1.66. The Morgan fingerprint density at radius 1 is 1.44 bits per heavy atom. The standard InChI is InChI=1S/C12H18N4S2/c1-5-6-16-9(14-15-11(16)17)8-7-13-10(18-8)12(2,3)4/h7H,5-6H2,1-4H3,(H,15,17). The number of H-pyrrole nitrogens is 1. The van der Waals surface area contributed by atoms with E-state index in [1.54, 1.807) is 11.3 Å². The Labute approximate surface area is 116 Å². The summed E-state index contributed by atoms with van der Waals surface area (Å²) in [5.41, 5.74) is 0.0750. The van der Waals surface area contributed by atoms with Crippen LogP contribution in [-0.2, 0) is 12.0 Å². The van der Waals surface area contributed by atoms with Crippen molar-refractivity contribution in [3.63, 3.8) is 0 Å². The average Bonchev–Trinajstić information content (AvgIpc) is 2.86. The highest BCUT2D eigenvalue weighted by Gasteiger charge is 2.20. The molecule has 0 fully saturated rings. The highest BCUT2D eigenvalue weighted by Crippen LogP contribution is 2.31. The molecular formula is C12H18N4S2. The number of aromatic amines is 1. The summed E-state index contributed by atoms with van der Waals surface area (Å²) in [6.07, 6.45) is 2.92. The van der Waals surface area contributed by atoms with Crippen molar-refractivity contribution < 1.29 is 0 Å². The van der Waals surface area contributed by atoms with Gasteiger partial charge in [-0.05, 0) is 18.6 Å². The molecule has 2 rings (SSSR count). The molecule has 0 bridgehead atoms. The fourth-order valence-corrected chi connectivity index (χ4v) is 2.86. The zero-order chi connectivity index (χ0) is 13.3. The van der Waals surface area contributed by atoms with Crippen LogP contribution in [0.2, 0.25) is 0 Å². The molecule has 0 amide bonds. The number of aromatic nitrogens is 4. The number of nitrogens with one attached hydrogen (secondary N) is 1. The van der Waals surface area contributed by atoms with Crippen molar-refractivity contribution in [3.05, 3.63) is 16.0 Å². The van der Waals surface area contributed by atoms with Crippen molar-refractivity contribution in [3.8, 4) is 10.7 Å². The van der Waals surface area contributed by atoms with E-state index < -0.39 is 0 Å². The third kappa shape index (κ3) is 2.54. The molecule has 1 N–H and O–H groups in total. The molecule has 0 aliphatic carbocycles. The van der Waals surface area contributed by atoms with Gasteiger partial charge in [-0.15, -0.1) is 11.3 Å². The quantitative estimate of drug-likeness (QED) is 0.872. The van der Waals surface area contributed by atoms with Crippen molar-refractivity contribution >= 4 is 23.6 Å². The van der Waals surface area contributed by atoms with E-state index in [0.717, 1.165) is 28.7 Å². The first-order valence-electron chi connectivity index (χ1n) is 6.05. The van der Waals surface area contributed by atoms with Gasteiger partial charge in [0.25, 0.3) is 0 Å². The molecule has 2 aromatic rings. The highest BCUT2D eigenvalue weighted by molar-refractivity contribution is 7.71. The van der Waals surface area contributed by atoms with Crippen LogP contribution in [0.1, 0.15) is 39.1 Å². The van der Waals surface area contributed by atoms with E-state index in [0.29, 0.717) is 4.77 Å². The monoisotopic (exact) mass is 282 g/mol. The van der Waals surface area contributed by atoms with Gasteiger partial charge in [0.1, 0.15) is 0 Å². The summed E-state index contributed by atoms with van der Waals surface area (Å²) < 4.78 is 2.72. The zero-order valence-electron chi connectivity index (χ0n) is 11.1. The summed E-state index contributed by atoms with van der Waals surface area (Å²) in [6, 6.07) is 0. The average molecular weight is 282 g/mol. The summed E-state index contributed by atoms with van der Waals surface area (Å²) in [5.74, 6) is 0.898. The lowest BCUT2D eigenvalue weighted by Gasteiger charge is -2.13. The van der Waals surface area contributed by atoms with Gasteiger partial charge in [-0.1, -0.05) is 27.7 Å². The lowest BCUT2D eigenvalue weighted by atomic mass is 9.98. The van der Waals surface area contributed by atoms with Gasteiger partial charge in [0.15, 0.2) is 10.6 Å². The second-order valence-corrected chi connectivity index (χ2v) is 6.70. The minimum absolute atomic E-state index is 0.0750. The van der Waals surface area contributed by atoms with Gasteiger partial charge in [0.05, 0.1) is 9.88 Å². The Morgan fingerprint density at radius 3 is 2.72 bits per heavy atom. The molecule has 0 spiro atoms. The van der Waals surface area contributed by atoms with Crippen LogP contribution in [0.4, 0.5) is 0 Å². The lowest BCUT2D eigenvalue weighted by molar-refractivity contribution is 0.585. The molecule has 98 valence electrons. The number of hydrogen-bond donors (Lipinski definition) is 1. The third-order valence-corrected chi connectivity index (χ3v) is 4.30. The third-order valence-electron chi connectivity index (χ3n) is 2.57. The van der Waals surface area contributed by atoms with Crippen molar-refractivity contribution in [1.82, 2.24) is 19.7 Å². The molecular weight excluding hydrogens is 264 g/mol. The minimum Gasteiger partial charge on any atom is -0.299 e. The summed E-state index contributed by atoms with van der Waals surface area (Å²) in [4.78, 5) is 5.56. The maximum Gasteiger partial charge on any atom is 0.195 e. The van der Waals surface area contributed by atoms with Crippen LogP contribution in [-0.4, -0.2) is 19.7 Å². The Bertz CT molecular complexity index is 586. The van der Waals surface area contributed by atoms with E-state index in [4.69, 9.17) is 12.2 Å². The summed E-state index contributed by atoms with van der Waals surface area (Å²) in [5, 5.41) is 8.30. The normalized spacial score (nSPS) is 12.0. The second-order valence-electron chi connectivity index (χ2n) is 5.28. The number of thiazole rings is 1. The van der Waals surface area contributed by atoms with E-state index in [2.05, 4.69) is 42.9 Å². The van der Waals surface area contributed by atoms with Crippen molar-refractivity contribution in [1.29, 1.82) is 0 Å². The zero-order valence-corrected chi connectivity index (χ0v) is 12.8. The topological polar surface area (TPSA) is 46.5 Å². The maximum atomic E-state index is 5.25. The SMILES string of the molecule is CCCn1c(-c2cnc(C(C)(C)C)s2)n[nH]c1=S. The van der Waals surface area contributed by atoms with E-state index in [1.807, 2.05) is 10.8 Å². The molecule has 6 heteroatoms. The van der Waals surface area contributed by atoms with Crippen molar-refractivity contribution in [2.75, 3.05) is 0 Å². The van der Waals surface area contributed by atoms with Crippen molar-refractivity contribution in [2.45, 2.75) is 46.1 Å². The number of nitrogens with zero attached hydrogens (tertiary/aromatic N) is 3. The van der Waals surface area contributed by atoms with Crippen LogP contribution in [0.5, 0.6) is 0 Å². The van der Waals surface area contributed by atoms with Crippen LogP contribution in [0.25, 0.3) is 10.7 Å². The molecule has 18 heavy (non-hydrogen) atoms. The van der Waals surface area contributed by atoms with Crippen LogP contribution in [0.3, 0.4) is 0 Å². The predicted molar refractivity (Wildman–Crippen MR) is 77.5 cm³/mol. The first-order valence-corrected chi connectivity index (χ1v) is 7.28. The van der Waals surface area contributed by atoms with Crippen LogP contribution in [0, 0.1) is 4.77 Å². The lowest BCUT2D eigenvalue weighted by Crippen LogP contribution is -2.09. The highest BCUT2D eigenvalue weighted by atomic mass is 32.1. The molecule has 4 nitrogen and oxygen atoms in total. The van der Waals surface area contributed by atoms with Crippen LogP contribution >= 0.6 is 23.6 Å². The Hall–Kier alpha value is -1.01. The van der Waals surface area contributed by atoms with Crippen LogP contribution < -0.4 is 0 Å². The summed E-state index contributed by atoms with van der Waals surface area (Å²) >= 11 is 6.93. The minimum atomic E-state index is 0.0750. The molecule has 2 heterocycles. The summed E-state index contributed by atoms with van der Waals surface area (Å²) in [7, 11) is 0. The van der Waals surface area contributed by atoms with Crippen LogP contribution in [0.15, 0.2) is 6.20 Å². The molecule has 2 aromatic heterocycles. The Kier molecular flexibility index (Phi) is 3.68. The van der Waals surface area contributed by atoms with Gasteiger partial charge < -0.3 is 0 Å². The van der Waals surface area contributed by atoms with Gasteiger partial charge in [-0.25, -0.2) is 4.98 Å². The molecule has 0 unspecified atom stereocenters. The Balaban J connectivity index is 2.43. The molecule has 0 aromatic carbocycles. The predicted octanol–water partition coefficient (Wildman–Crippen LogP) is 3.77. The first-order chi connectivity index (χ1) is 8.43. The second kappa shape index (κ2) is 4.93. The molecule has 0 atom stereocenters. The van der Waals surface area contributed by atoms with Gasteiger partial charge in [-0.2, -0.15) is 5.10 Å². The maximum absolute atomic E-state index is 5.25. The number of rotatable bonds is 3. The Morgan fingerprint density at radius 2 is 2.17 bits per heavy atom. The van der Waals surface area contributed by atoms with E-state index >= 15 is 0 Å². The van der Waals surface area contributed by atoms with Gasteiger partial charge in [-0.3, -0.25) is 9.67 Å². The van der Waals surface area contributed by atoms with Gasteiger partial charge >= 0.3 is 0 Å². The van der Waals surface area contributed by atoms with Gasteiger partial charge in [0, 0.05) is 18.2 Å². The summed E-state index contributed by atoms with van der Waals surface area (Å²) in [6.45, 7) is 9.51. The fraction of sp³-hybridized carbons (Fsp3) is 0.583. The molecule has 0 radical (unpaired) electrons. The van der Waals surface area contributed by atoms with E-state index in [-0.39, 0.29) is 5.41 Å². The van der Waals surface area contributed by atoms with Crippen molar-refractivity contribution in [2.24, 2.45) is 0 Å². The van der Waals surface area contributed by atoms with E-state index in [1.165, 1.54) is 0 Å². The smallest absolute Gasteiger partial charge is 0.195 e. The largest absolute Gasteiger partial charge is 0.299 e. The van der Waals surface area contributed by atoms with E-state index in [9.17, 15) is 0 Å². The number of hydrogen-bond acceptors (Lipinski definition) is 4. The molecule has 0 aliphatic heterocycles. The molecule has 0 saturated carbocycles. The molecule has 0 aliphatic rings. The van der Waals surface area contributed by atoms with Gasteiger partial charge in [0.2, 0.25) is 0 Å².